The van der Waals surface area contributed by atoms with Gasteiger partial charge in [0.2, 0.25) is 5.91 Å². The molecule has 1 aliphatic carbocycles. The molecule has 1 saturated heterocycles. The maximum absolute atomic E-state index is 11.0. The molecular formula is C10H17NO. The lowest BCUT2D eigenvalue weighted by molar-refractivity contribution is -0.130. The van der Waals surface area contributed by atoms with Crippen LogP contribution >= 0.6 is 0 Å². The Morgan fingerprint density at radius 3 is 2.67 bits per heavy atom. The lowest BCUT2D eigenvalue weighted by Crippen LogP contribution is -2.55. The van der Waals surface area contributed by atoms with Gasteiger partial charge >= 0.3 is 0 Å². The van der Waals surface area contributed by atoms with Crippen molar-refractivity contribution in [2.75, 3.05) is 6.54 Å². The van der Waals surface area contributed by atoms with Gasteiger partial charge in [0.15, 0.2) is 0 Å². The number of rotatable bonds is 0. The maximum Gasteiger partial charge on any atom is 0.220 e. The molecule has 1 heterocycles. The van der Waals surface area contributed by atoms with Crippen LogP contribution in [0.15, 0.2) is 0 Å². The number of piperidine rings is 1. The molecule has 3 atom stereocenters. The summed E-state index contributed by atoms with van der Waals surface area (Å²) in [5, 5.41) is 2.99. The van der Waals surface area contributed by atoms with E-state index in [1.807, 2.05) is 0 Å². The van der Waals surface area contributed by atoms with E-state index >= 15 is 0 Å². The summed E-state index contributed by atoms with van der Waals surface area (Å²) in [6, 6.07) is 0. The van der Waals surface area contributed by atoms with Gasteiger partial charge in [-0.3, -0.25) is 4.79 Å². The van der Waals surface area contributed by atoms with Crippen molar-refractivity contribution in [3.63, 3.8) is 0 Å². The van der Waals surface area contributed by atoms with Gasteiger partial charge in [-0.15, -0.1) is 0 Å². The van der Waals surface area contributed by atoms with Gasteiger partial charge in [0, 0.05) is 13.0 Å². The van der Waals surface area contributed by atoms with Crippen molar-refractivity contribution in [3.05, 3.63) is 0 Å². The zero-order valence-corrected chi connectivity index (χ0v) is 7.89. The van der Waals surface area contributed by atoms with Crippen LogP contribution in [-0.2, 0) is 4.79 Å². The van der Waals surface area contributed by atoms with Gasteiger partial charge < -0.3 is 5.32 Å². The van der Waals surface area contributed by atoms with Gasteiger partial charge in [0.1, 0.15) is 0 Å². The third-order valence-corrected chi connectivity index (χ3v) is 4.04. The Bertz CT molecular complexity index is 202. The molecule has 2 aliphatic rings. The lowest BCUT2D eigenvalue weighted by atomic mass is 9.52. The highest BCUT2D eigenvalue weighted by molar-refractivity contribution is 5.76. The van der Waals surface area contributed by atoms with E-state index in [1.165, 1.54) is 6.42 Å². The minimum absolute atomic E-state index is 0.243. The highest BCUT2D eigenvalue weighted by Crippen LogP contribution is 2.54. The fourth-order valence-electron chi connectivity index (χ4n) is 2.82. The fourth-order valence-corrected chi connectivity index (χ4v) is 2.82. The molecule has 2 heteroatoms. The Morgan fingerprint density at radius 1 is 1.50 bits per heavy atom. The highest BCUT2D eigenvalue weighted by atomic mass is 16.1. The monoisotopic (exact) mass is 167 g/mol. The molecule has 1 amide bonds. The molecular weight excluding hydrogens is 150 g/mol. The average molecular weight is 167 g/mol. The van der Waals surface area contributed by atoms with E-state index in [2.05, 4.69) is 19.2 Å². The molecule has 2 rings (SSSR count). The predicted molar refractivity (Wildman–Crippen MR) is 47.6 cm³/mol. The summed E-state index contributed by atoms with van der Waals surface area (Å²) in [6.07, 6.45) is 3.18. The molecule has 3 unspecified atom stereocenters. The van der Waals surface area contributed by atoms with Crippen LogP contribution in [0.5, 0.6) is 0 Å². The molecule has 1 spiro atoms. The second-order valence-electron chi connectivity index (χ2n) is 4.61. The van der Waals surface area contributed by atoms with Crippen molar-refractivity contribution in [1.29, 1.82) is 0 Å². The topological polar surface area (TPSA) is 29.1 Å². The molecule has 68 valence electrons. The Balaban J connectivity index is 2.01. The van der Waals surface area contributed by atoms with Crippen molar-refractivity contribution in [1.82, 2.24) is 5.32 Å². The van der Waals surface area contributed by atoms with Crippen molar-refractivity contribution in [2.24, 2.45) is 17.3 Å². The van der Waals surface area contributed by atoms with E-state index in [9.17, 15) is 4.79 Å². The highest BCUT2D eigenvalue weighted by Gasteiger charge is 2.50. The van der Waals surface area contributed by atoms with Gasteiger partial charge in [-0.25, -0.2) is 0 Å². The van der Waals surface area contributed by atoms with E-state index in [-0.39, 0.29) is 5.91 Å². The van der Waals surface area contributed by atoms with E-state index in [0.29, 0.717) is 5.41 Å². The molecule has 0 aromatic rings. The first-order valence-electron chi connectivity index (χ1n) is 4.91. The van der Waals surface area contributed by atoms with Gasteiger partial charge in [-0.05, 0) is 30.1 Å². The zero-order chi connectivity index (χ0) is 8.77. The smallest absolute Gasteiger partial charge is 0.220 e. The first kappa shape index (κ1) is 8.09. The maximum atomic E-state index is 11.0. The fraction of sp³-hybridized carbons (Fsp3) is 0.900. The van der Waals surface area contributed by atoms with Crippen molar-refractivity contribution in [3.8, 4) is 0 Å². The Morgan fingerprint density at radius 2 is 2.25 bits per heavy atom. The zero-order valence-electron chi connectivity index (χ0n) is 7.89. The first-order valence-corrected chi connectivity index (χ1v) is 4.91. The van der Waals surface area contributed by atoms with E-state index in [1.54, 1.807) is 0 Å². The molecule has 0 bridgehead atoms. The SMILES string of the molecule is CC1CC2(CCC(=O)NC2)C1C. The summed E-state index contributed by atoms with van der Waals surface area (Å²) < 4.78 is 0. The minimum Gasteiger partial charge on any atom is -0.356 e. The van der Waals surface area contributed by atoms with Crippen molar-refractivity contribution >= 4 is 5.91 Å². The van der Waals surface area contributed by atoms with Crippen molar-refractivity contribution in [2.45, 2.75) is 33.1 Å². The van der Waals surface area contributed by atoms with Gasteiger partial charge in [0.05, 0.1) is 0 Å². The normalized spacial score (nSPS) is 47.0. The van der Waals surface area contributed by atoms with Crippen LogP contribution in [0.2, 0.25) is 0 Å². The first-order chi connectivity index (χ1) is 5.64. The Hall–Kier alpha value is -0.530. The summed E-state index contributed by atoms with van der Waals surface area (Å²) in [5.41, 5.74) is 0.479. The standard InChI is InChI=1S/C10H17NO/c1-7-5-10(8(7)2)4-3-9(12)11-6-10/h7-8H,3-6H2,1-2H3,(H,11,12). The van der Waals surface area contributed by atoms with Crippen LogP contribution < -0.4 is 5.32 Å². The quantitative estimate of drug-likeness (QED) is 0.583. The van der Waals surface area contributed by atoms with Gasteiger partial charge in [0.25, 0.3) is 0 Å². The minimum atomic E-state index is 0.243. The molecule has 0 aromatic carbocycles. The van der Waals surface area contributed by atoms with Crippen LogP contribution in [0.4, 0.5) is 0 Å². The third-order valence-electron chi connectivity index (χ3n) is 4.04. The second-order valence-corrected chi connectivity index (χ2v) is 4.61. The van der Waals surface area contributed by atoms with Crippen LogP contribution in [0.3, 0.4) is 0 Å². The number of hydrogen-bond acceptors (Lipinski definition) is 1. The molecule has 1 aliphatic heterocycles. The van der Waals surface area contributed by atoms with Crippen LogP contribution in [-0.4, -0.2) is 12.5 Å². The molecule has 0 aromatic heterocycles. The Kier molecular flexibility index (Phi) is 1.67. The number of carbonyl (C=O) groups excluding carboxylic acids is 1. The summed E-state index contributed by atoms with van der Waals surface area (Å²) in [4.78, 5) is 11.0. The summed E-state index contributed by atoms with van der Waals surface area (Å²) >= 11 is 0. The van der Waals surface area contributed by atoms with Crippen molar-refractivity contribution < 1.29 is 4.79 Å². The van der Waals surface area contributed by atoms with E-state index in [0.717, 1.165) is 31.2 Å². The Labute approximate surface area is 73.7 Å². The second kappa shape index (κ2) is 2.48. The number of carbonyl (C=O) groups is 1. The van der Waals surface area contributed by atoms with E-state index in [4.69, 9.17) is 0 Å². The van der Waals surface area contributed by atoms with Crippen LogP contribution in [0.1, 0.15) is 33.1 Å². The molecule has 0 radical (unpaired) electrons. The van der Waals surface area contributed by atoms with Crippen LogP contribution in [0, 0.1) is 17.3 Å². The number of hydrogen-bond donors (Lipinski definition) is 1. The molecule has 12 heavy (non-hydrogen) atoms. The predicted octanol–water partition coefficient (Wildman–Crippen LogP) is 1.56. The summed E-state index contributed by atoms with van der Waals surface area (Å²) in [5.74, 6) is 1.91. The molecule has 2 fully saturated rings. The molecule has 1 saturated carbocycles. The molecule has 2 nitrogen and oxygen atoms in total. The number of amides is 1. The van der Waals surface area contributed by atoms with Gasteiger partial charge in [-0.1, -0.05) is 13.8 Å². The van der Waals surface area contributed by atoms with Crippen LogP contribution in [0.25, 0.3) is 0 Å². The average Bonchev–Trinajstić information content (AvgIpc) is 2.09. The summed E-state index contributed by atoms with van der Waals surface area (Å²) in [6.45, 7) is 5.56. The molecule has 1 N–H and O–H groups in total. The lowest BCUT2D eigenvalue weighted by Gasteiger charge is -2.55. The largest absolute Gasteiger partial charge is 0.356 e. The van der Waals surface area contributed by atoms with Gasteiger partial charge in [-0.2, -0.15) is 0 Å². The number of nitrogens with one attached hydrogen (secondary N) is 1. The van der Waals surface area contributed by atoms with E-state index < -0.39 is 0 Å². The third kappa shape index (κ3) is 0.970. The summed E-state index contributed by atoms with van der Waals surface area (Å²) in [7, 11) is 0.